The molecule has 0 bridgehead atoms. The first kappa shape index (κ1) is 25.6. The predicted molar refractivity (Wildman–Crippen MR) is 146 cm³/mol. The molecule has 3 aromatic carbocycles. The van der Waals surface area contributed by atoms with Crippen LogP contribution in [0.15, 0.2) is 77.2 Å². The van der Waals surface area contributed by atoms with E-state index in [4.69, 9.17) is 23.6 Å². The van der Waals surface area contributed by atoms with Gasteiger partial charge in [0.05, 0.1) is 18.2 Å². The molecule has 0 amide bonds. The van der Waals surface area contributed by atoms with E-state index in [1.807, 2.05) is 76.2 Å². The van der Waals surface area contributed by atoms with Crippen LogP contribution in [0.5, 0.6) is 11.5 Å². The zero-order valence-electron chi connectivity index (χ0n) is 22.3. The zero-order valence-corrected chi connectivity index (χ0v) is 22.3. The number of hydrogen-bond acceptors (Lipinski definition) is 6. The smallest absolute Gasteiger partial charge is 0.313 e. The Hall–Kier alpha value is -4.06. The summed E-state index contributed by atoms with van der Waals surface area (Å²) in [6.07, 6.45) is 1.22. The van der Waals surface area contributed by atoms with Crippen molar-refractivity contribution in [3.63, 3.8) is 0 Å². The molecule has 0 radical (unpaired) electrons. The highest BCUT2D eigenvalue weighted by molar-refractivity contribution is 5.74. The zero-order chi connectivity index (χ0) is 26.7. The first-order valence-corrected chi connectivity index (χ1v) is 13.0. The summed E-state index contributed by atoms with van der Waals surface area (Å²) in [5.74, 6) is 2.35. The molecule has 0 N–H and O–H groups in total. The van der Waals surface area contributed by atoms with Crippen LogP contribution in [0.1, 0.15) is 37.8 Å². The fourth-order valence-electron chi connectivity index (χ4n) is 4.46. The van der Waals surface area contributed by atoms with E-state index >= 15 is 0 Å². The van der Waals surface area contributed by atoms with Gasteiger partial charge >= 0.3 is 5.97 Å². The van der Waals surface area contributed by atoms with Crippen LogP contribution in [0.2, 0.25) is 0 Å². The van der Waals surface area contributed by atoms with Gasteiger partial charge in [-0.1, -0.05) is 48.5 Å². The van der Waals surface area contributed by atoms with Gasteiger partial charge < -0.3 is 18.6 Å². The predicted octanol–water partition coefficient (Wildman–Crippen LogP) is 6.83. The molecule has 6 heteroatoms. The Labute approximate surface area is 223 Å². The molecule has 4 aromatic rings. The van der Waals surface area contributed by atoms with Gasteiger partial charge in [-0.3, -0.25) is 4.79 Å². The highest BCUT2D eigenvalue weighted by atomic mass is 16.6. The average molecular weight is 512 g/mol. The lowest BCUT2D eigenvalue weighted by Crippen LogP contribution is -2.34. The number of esters is 1. The second-order valence-electron chi connectivity index (χ2n) is 10.6. The van der Waals surface area contributed by atoms with Crippen LogP contribution in [0.3, 0.4) is 0 Å². The van der Waals surface area contributed by atoms with Crippen molar-refractivity contribution < 1.29 is 23.4 Å². The van der Waals surface area contributed by atoms with Crippen LogP contribution >= 0.6 is 0 Å². The molecule has 1 unspecified atom stereocenters. The van der Waals surface area contributed by atoms with Crippen LogP contribution in [0, 0.1) is 12.8 Å². The van der Waals surface area contributed by atoms with Crippen LogP contribution in [0.4, 0.5) is 0 Å². The molecule has 0 aliphatic carbocycles. The van der Waals surface area contributed by atoms with Gasteiger partial charge in [0, 0.05) is 18.1 Å². The summed E-state index contributed by atoms with van der Waals surface area (Å²) >= 11 is 0. The number of carbonyl (C=O) groups excluding carboxylic acids is 1. The van der Waals surface area contributed by atoms with Crippen molar-refractivity contribution in [3.05, 3.63) is 89.8 Å². The van der Waals surface area contributed by atoms with Crippen molar-refractivity contribution in [2.45, 2.75) is 46.1 Å². The Morgan fingerprint density at radius 3 is 2.42 bits per heavy atom. The number of fused-ring (bicyclic) bond motifs is 1. The number of hydrogen-bond donors (Lipinski definition) is 0. The fraction of sp³-hybridized carbons (Fsp3) is 0.312. The molecule has 1 aromatic heterocycles. The molecule has 0 saturated carbocycles. The van der Waals surface area contributed by atoms with Crippen molar-refractivity contribution in [2.75, 3.05) is 13.2 Å². The summed E-state index contributed by atoms with van der Waals surface area (Å²) in [5, 5.41) is 0. The number of rotatable bonds is 7. The number of nitrogens with zero attached hydrogens (tertiary/aromatic N) is 1. The molecule has 1 atom stereocenters. The van der Waals surface area contributed by atoms with Gasteiger partial charge in [0.1, 0.15) is 29.5 Å². The summed E-state index contributed by atoms with van der Waals surface area (Å²) in [6.45, 7) is 8.31. The van der Waals surface area contributed by atoms with Gasteiger partial charge in [-0.25, -0.2) is 4.98 Å². The first-order valence-electron chi connectivity index (χ1n) is 13.0. The topological polar surface area (TPSA) is 70.8 Å². The standard InChI is InChI=1S/C32H33NO5/c1-21-28(33-30(37-21)24-12-10-23(11-13-24)22-8-6-5-7-9-22)16-17-35-27-15-14-25-18-26(20-36-29(25)19-27)31(34)38-32(2,3)4/h5-15,19,26H,16-18,20H2,1-4H3. The highest BCUT2D eigenvalue weighted by Crippen LogP contribution is 2.32. The van der Waals surface area contributed by atoms with Crippen molar-refractivity contribution in [1.82, 2.24) is 4.98 Å². The number of aromatic nitrogens is 1. The molecule has 0 fully saturated rings. The van der Waals surface area contributed by atoms with E-state index in [1.165, 1.54) is 5.56 Å². The third-order valence-corrected chi connectivity index (χ3v) is 6.42. The van der Waals surface area contributed by atoms with E-state index in [1.54, 1.807) is 0 Å². The SMILES string of the molecule is Cc1oc(-c2ccc(-c3ccccc3)cc2)nc1CCOc1ccc2c(c1)OCC(C(=O)OC(C)(C)C)C2. The van der Waals surface area contributed by atoms with Crippen molar-refractivity contribution in [2.24, 2.45) is 5.92 Å². The molecule has 38 heavy (non-hydrogen) atoms. The minimum atomic E-state index is -0.509. The molecular formula is C32H33NO5. The van der Waals surface area contributed by atoms with E-state index in [2.05, 4.69) is 24.3 Å². The van der Waals surface area contributed by atoms with E-state index in [-0.39, 0.29) is 11.9 Å². The van der Waals surface area contributed by atoms with Crippen LogP contribution in [-0.4, -0.2) is 29.8 Å². The van der Waals surface area contributed by atoms with Gasteiger partial charge in [-0.05, 0) is 69.0 Å². The minimum absolute atomic E-state index is 0.224. The Balaban J connectivity index is 1.17. The number of aryl methyl sites for hydroxylation is 1. The van der Waals surface area contributed by atoms with Gasteiger partial charge in [0.15, 0.2) is 0 Å². The van der Waals surface area contributed by atoms with E-state index in [9.17, 15) is 4.79 Å². The lowest BCUT2D eigenvalue weighted by atomic mass is 9.96. The van der Waals surface area contributed by atoms with E-state index in [0.29, 0.717) is 31.9 Å². The summed E-state index contributed by atoms with van der Waals surface area (Å²) in [6, 6.07) is 24.3. The largest absolute Gasteiger partial charge is 0.493 e. The molecule has 5 rings (SSSR count). The van der Waals surface area contributed by atoms with Crippen molar-refractivity contribution in [1.29, 1.82) is 0 Å². The van der Waals surface area contributed by atoms with Crippen LogP contribution in [-0.2, 0) is 22.4 Å². The second kappa shape index (κ2) is 10.7. The summed E-state index contributed by atoms with van der Waals surface area (Å²) in [7, 11) is 0. The van der Waals surface area contributed by atoms with Crippen molar-refractivity contribution >= 4 is 5.97 Å². The fourth-order valence-corrected chi connectivity index (χ4v) is 4.46. The van der Waals surface area contributed by atoms with Gasteiger partial charge in [0.2, 0.25) is 5.89 Å². The molecule has 6 nitrogen and oxygen atoms in total. The average Bonchev–Trinajstić information content (AvgIpc) is 3.28. The first-order chi connectivity index (χ1) is 18.2. The maximum Gasteiger partial charge on any atom is 0.313 e. The Morgan fingerprint density at radius 1 is 0.974 bits per heavy atom. The molecular weight excluding hydrogens is 478 g/mol. The van der Waals surface area contributed by atoms with Gasteiger partial charge in [0.25, 0.3) is 0 Å². The Kier molecular flexibility index (Phi) is 7.23. The van der Waals surface area contributed by atoms with E-state index < -0.39 is 5.60 Å². The Bertz CT molecular complexity index is 1400. The molecule has 1 aliphatic rings. The number of ether oxygens (including phenoxy) is 3. The highest BCUT2D eigenvalue weighted by Gasteiger charge is 2.30. The van der Waals surface area contributed by atoms with Gasteiger partial charge in [-0.15, -0.1) is 0 Å². The number of oxazole rings is 1. The maximum absolute atomic E-state index is 12.4. The summed E-state index contributed by atoms with van der Waals surface area (Å²) in [4.78, 5) is 17.1. The van der Waals surface area contributed by atoms with Crippen molar-refractivity contribution in [3.8, 4) is 34.1 Å². The maximum atomic E-state index is 12.4. The second-order valence-corrected chi connectivity index (χ2v) is 10.6. The number of carbonyl (C=O) groups is 1. The minimum Gasteiger partial charge on any atom is -0.493 e. The van der Waals surface area contributed by atoms with Crippen LogP contribution in [0.25, 0.3) is 22.6 Å². The molecule has 0 saturated heterocycles. The molecule has 1 aliphatic heterocycles. The van der Waals surface area contributed by atoms with E-state index in [0.717, 1.165) is 39.6 Å². The van der Waals surface area contributed by atoms with Crippen LogP contribution < -0.4 is 9.47 Å². The third-order valence-electron chi connectivity index (χ3n) is 6.42. The van der Waals surface area contributed by atoms with Gasteiger partial charge in [-0.2, -0.15) is 0 Å². The molecule has 2 heterocycles. The third kappa shape index (κ3) is 6.08. The quantitative estimate of drug-likeness (QED) is 0.253. The Morgan fingerprint density at radius 2 is 1.68 bits per heavy atom. The summed E-state index contributed by atoms with van der Waals surface area (Å²) in [5.41, 5.74) is 4.62. The number of benzene rings is 3. The molecule has 0 spiro atoms. The molecule has 196 valence electrons. The lowest BCUT2D eigenvalue weighted by molar-refractivity contribution is -0.161. The normalized spacial score (nSPS) is 14.9. The summed E-state index contributed by atoms with van der Waals surface area (Å²) < 4.78 is 23.3. The lowest BCUT2D eigenvalue weighted by Gasteiger charge is -2.27. The monoisotopic (exact) mass is 511 g/mol.